The molecular weight excluding hydrogens is 369 g/mol. The summed E-state index contributed by atoms with van der Waals surface area (Å²) in [5.74, 6) is -0.717. The molecule has 5 nitrogen and oxygen atoms in total. The van der Waals surface area contributed by atoms with Crippen molar-refractivity contribution in [3.05, 3.63) is 52.6 Å². The van der Waals surface area contributed by atoms with Gasteiger partial charge in [0.1, 0.15) is 5.82 Å². The van der Waals surface area contributed by atoms with E-state index in [1.165, 1.54) is 6.92 Å². The number of anilines is 1. The van der Waals surface area contributed by atoms with Crippen molar-refractivity contribution in [1.82, 2.24) is 14.9 Å². The van der Waals surface area contributed by atoms with Gasteiger partial charge in [-0.3, -0.25) is 4.79 Å². The minimum absolute atomic E-state index is 0.00627. The first kappa shape index (κ1) is 20.3. The summed E-state index contributed by atoms with van der Waals surface area (Å²) in [6.07, 6.45) is -3.77. The molecule has 28 heavy (non-hydrogen) atoms. The largest absolute Gasteiger partial charge is 0.433 e. The maximum absolute atomic E-state index is 13.4. The average molecular weight is 392 g/mol. The summed E-state index contributed by atoms with van der Waals surface area (Å²) in [5, 5.41) is 2.85. The molecule has 0 saturated heterocycles. The Labute approximate surface area is 162 Å². The molecule has 3 rings (SSSR count). The van der Waals surface area contributed by atoms with Crippen molar-refractivity contribution < 1.29 is 18.0 Å². The fourth-order valence-corrected chi connectivity index (χ4v) is 3.55. The Kier molecular flexibility index (Phi) is 5.69. The van der Waals surface area contributed by atoms with Crippen molar-refractivity contribution in [2.45, 2.75) is 38.9 Å². The summed E-state index contributed by atoms with van der Waals surface area (Å²) in [7, 11) is 3.90. The number of benzene rings is 1. The predicted molar refractivity (Wildman–Crippen MR) is 99.7 cm³/mol. The first-order valence-corrected chi connectivity index (χ1v) is 9.11. The lowest BCUT2D eigenvalue weighted by Crippen LogP contribution is -2.31. The quantitative estimate of drug-likeness (QED) is 0.864. The molecule has 8 heteroatoms. The van der Waals surface area contributed by atoms with Gasteiger partial charge in [0, 0.05) is 29.4 Å². The van der Waals surface area contributed by atoms with Crippen molar-refractivity contribution in [3.8, 4) is 0 Å². The zero-order chi connectivity index (χ0) is 20.5. The topological polar surface area (TPSA) is 58.1 Å². The molecule has 2 aromatic rings. The summed E-state index contributed by atoms with van der Waals surface area (Å²) in [6, 6.07) is 7.47. The number of carbonyl (C=O) groups is 1. The molecule has 1 aromatic heterocycles. The van der Waals surface area contributed by atoms with Gasteiger partial charge in [-0.05, 0) is 58.0 Å². The number of hydrogen-bond donors (Lipinski definition) is 1. The smallest absolute Gasteiger partial charge is 0.326 e. The van der Waals surface area contributed by atoms with Crippen LogP contribution in [0.3, 0.4) is 0 Å². The van der Waals surface area contributed by atoms with Gasteiger partial charge in [0.05, 0.1) is 0 Å². The van der Waals surface area contributed by atoms with E-state index in [1.54, 1.807) is 6.07 Å². The van der Waals surface area contributed by atoms with Gasteiger partial charge in [0.25, 0.3) is 0 Å². The van der Waals surface area contributed by atoms with Crippen molar-refractivity contribution >= 4 is 11.6 Å². The highest BCUT2D eigenvalue weighted by Crippen LogP contribution is 2.36. The summed E-state index contributed by atoms with van der Waals surface area (Å²) < 4.78 is 40.2. The van der Waals surface area contributed by atoms with Gasteiger partial charge in [0.15, 0.2) is 5.69 Å². The van der Waals surface area contributed by atoms with Crippen molar-refractivity contribution in [2.75, 3.05) is 19.4 Å². The Morgan fingerprint density at radius 3 is 2.71 bits per heavy atom. The van der Waals surface area contributed by atoms with Gasteiger partial charge in [-0.15, -0.1) is 0 Å². The van der Waals surface area contributed by atoms with E-state index in [0.717, 1.165) is 12.1 Å². The van der Waals surface area contributed by atoms with E-state index in [2.05, 4.69) is 15.3 Å². The number of aryl methyl sites for hydroxylation is 2. The number of amides is 1. The maximum Gasteiger partial charge on any atom is 0.433 e. The van der Waals surface area contributed by atoms with E-state index in [9.17, 15) is 18.0 Å². The van der Waals surface area contributed by atoms with Crippen LogP contribution in [0.2, 0.25) is 0 Å². The van der Waals surface area contributed by atoms with Crippen LogP contribution in [0.15, 0.2) is 24.3 Å². The molecule has 0 saturated carbocycles. The number of carbonyl (C=O) groups excluding carboxylic acids is 1. The lowest BCUT2D eigenvalue weighted by Gasteiger charge is -2.25. The first-order chi connectivity index (χ1) is 13.1. The lowest BCUT2D eigenvalue weighted by atomic mass is 9.85. The SMILES string of the molecule is Cc1nc2c(c(C(F)(F)F)n1)C[C@@H](C(=O)Nc1cccc(CN(C)C)c1)CC2. The predicted octanol–water partition coefficient (Wildman–Crippen LogP) is 3.61. The first-order valence-electron chi connectivity index (χ1n) is 9.11. The number of nitrogens with zero attached hydrogens (tertiary/aromatic N) is 3. The van der Waals surface area contributed by atoms with Crippen LogP contribution in [0.5, 0.6) is 0 Å². The molecule has 1 N–H and O–H groups in total. The number of alkyl halides is 3. The lowest BCUT2D eigenvalue weighted by molar-refractivity contribution is -0.142. The summed E-state index contributed by atoms with van der Waals surface area (Å²) >= 11 is 0. The molecule has 1 aromatic carbocycles. The molecule has 0 bridgehead atoms. The number of nitrogens with one attached hydrogen (secondary N) is 1. The Bertz CT molecular complexity index is 880. The fraction of sp³-hybridized carbons (Fsp3) is 0.450. The van der Waals surface area contributed by atoms with Crippen molar-refractivity contribution in [2.24, 2.45) is 5.92 Å². The Morgan fingerprint density at radius 2 is 2.04 bits per heavy atom. The van der Waals surface area contributed by atoms with Crippen LogP contribution >= 0.6 is 0 Å². The molecule has 1 amide bonds. The normalized spacial score (nSPS) is 16.8. The van der Waals surface area contributed by atoms with Crippen LogP contribution in [0.4, 0.5) is 18.9 Å². The van der Waals surface area contributed by atoms with E-state index in [-0.39, 0.29) is 23.7 Å². The Balaban J connectivity index is 1.78. The van der Waals surface area contributed by atoms with Crippen LogP contribution in [0.1, 0.15) is 34.8 Å². The van der Waals surface area contributed by atoms with Gasteiger partial charge in [0.2, 0.25) is 5.91 Å². The molecule has 0 aliphatic heterocycles. The molecule has 1 heterocycles. The molecule has 1 aliphatic carbocycles. The molecule has 0 spiro atoms. The molecule has 150 valence electrons. The standard InChI is InChI=1S/C20H23F3N4O/c1-12-24-17-8-7-14(10-16(17)18(25-12)20(21,22)23)19(28)26-15-6-4-5-13(9-15)11-27(2)3/h4-6,9,14H,7-8,10-11H2,1-3H3,(H,26,28)/t14-/m0/s1. The molecule has 0 fully saturated rings. The van der Waals surface area contributed by atoms with Crippen molar-refractivity contribution in [1.29, 1.82) is 0 Å². The van der Waals surface area contributed by atoms with Gasteiger partial charge in [-0.1, -0.05) is 12.1 Å². The van der Waals surface area contributed by atoms with Crippen LogP contribution in [-0.4, -0.2) is 34.9 Å². The number of fused-ring (bicyclic) bond motifs is 1. The second kappa shape index (κ2) is 7.87. The van der Waals surface area contributed by atoms with Crippen LogP contribution < -0.4 is 5.32 Å². The molecule has 1 atom stereocenters. The number of halogens is 3. The second-order valence-electron chi connectivity index (χ2n) is 7.41. The summed E-state index contributed by atoms with van der Waals surface area (Å²) in [6.45, 7) is 2.18. The molecule has 1 aliphatic rings. The minimum Gasteiger partial charge on any atom is -0.326 e. The van der Waals surface area contributed by atoms with Crippen molar-refractivity contribution in [3.63, 3.8) is 0 Å². The summed E-state index contributed by atoms with van der Waals surface area (Å²) in [4.78, 5) is 22.5. The van der Waals surface area contributed by atoms with Crippen LogP contribution in [0, 0.1) is 12.8 Å². The van der Waals surface area contributed by atoms with E-state index < -0.39 is 17.8 Å². The van der Waals surface area contributed by atoms with Gasteiger partial charge >= 0.3 is 6.18 Å². The fourth-order valence-electron chi connectivity index (χ4n) is 3.55. The van der Waals surface area contributed by atoms with E-state index >= 15 is 0 Å². The van der Waals surface area contributed by atoms with Gasteiger partial charge < -0.3 is 10.2 Å². The minimum atomic E-state index is -4.56. The number of hydrogen-bond acceptors (Lipinski definition) is 4. The van der Waals surface area contributed by atoms with E-state index in [4.69, 9.17) is 0 Å². The third kappa shape index (κ3) is 4.67. The monoisotopic (exact) mass is 392 g/mol. The molecule has 0 unspecified atom stereocenters. The van der Waals surface area contributed by atoms with E-state index in [0.29, 0.717) is 24.2 Å². The highest BCUT2D eigenvalue weighted by Gasteiger charge is 2.39. The zero-order valence-electron chi connectivity index (χ0n) is 16.1. The third-order valence-electron chi connectivity index (χ3n) is 4.72. The van der Waals surface area contributed by atoms with Gasteiger partial charge in [-0.25, -0.2) is 9.97 Å². The number of rotatable bonds is 4. The zero-order valence-corrected chi connectivity index (χ0v) is 16.1. The second-order valence-corrected chi connectivity index (χ2v) is 7.41. The highest BCUT2D eigenvalue weighted by molar-refractivity contribution is 5.93. The Morgan fingerprint density at radius 1 is 1.29 bits per heavy atom. The van der Waals surface area contributed by atoms with Gasteiger partial charge in [-0.2, -0.15) is 13.2 Å². The molecule has 0 radical (unpaired) electrons. The maximum atomic E-state index is 13.4. The van der Waals surface area contributed by atoms with Crippen LogP contribution in [0.25, 0.3) is 0 Å². The van der Waals surface area contributed by atoms with E-state index in [1.807, 2.05) is 37.2 Å². The summed E-state index contributed by atoms with van der Waals surface area (Å²) in [5.41, 5.74) is 1.22. The van der Waals surface area contributed by atoms with Crippen LogP contribution in [-0.2, 0) is 30.4 Å². The average Bonchev–Trinajstić information content (AvgIpc) is 2.59. The highest BCUT2D eigenvalue weighted by atomic mass is 19.4. The third-order valence-corrected chi connectivity index (χ3v) is 4.72. The number of aromatic nitrogens is 2. The Hall–Kier alpha value is -2.48. The molecular formula is C20H23F3N4O.